The summed E-state index contributed by atoms with van der Waals surface area (Å²) in [7, 11) is 0. The zero-order chi connectivity index (χ0) is 21.8. The maximum atomic E-state index is 14.5. The molecule has 2 aromatic carbocycles. The smallest absolute Gasteiger partial charge is 0.307 e. The number of aromatic nitrogens is 1. The molecule has 1 aliphatic rings. The topological polar surface area (TPSA) is 73.0 Å². The number of benzene rings is 2. The lowest BCUT2D eigenvalue weighted by atomic mass is 9.99. The van der Waals surface area contributed by atoms with Gasteiger partial charge in [0.25, 0.3) is 0 Å². The molecule has 4 rings (SSSR count). The Morgan fingerprint density at radius 2 is 1.97 bits per heavy atom. The monoisotopic (exact) mass is 418 g/mol. The third kappa shape index (κ3) is 4.71. The molecule has 0 spiro atoms. The van der Waals surface area contributed by atoms with Crippen LogP contribution in [0, 0.1) is 12.4 Å². The Morgan fingerprint density at radius 1 is 1.10 bits per heavy atom. The molecule has 0 saturated heterocycles. The highest BCUT2D eigenvalue weighted by Gasteiger charge is 2.15. The molecular weight excluding hydrogens is 399 g/mol. The van der Waals surface area contributed by atoms with Crippen molar-refractivity contribution in [3.05, 3.63) is 88.0 Å². The summed E-state index contributed by atoms with van der Waals surface area (Å²) < 4.78 is 26.2. The third-order valence-electron chi connectivity index (χ3n) is 5.11. The standard InChI is InChI=1S/C24H19FN2O4/c1-26-20-5-4-18-14-31-22-7-6-21(25)24(27-22)17-3-2-15(12-23(28)29)19(10-17)13-30-9-8-16(18)11-20/h2-7,10-11H,8-9,12-14H2,(H,28,29). The minimum atomic E-state index is -0.955. The van der Waals surface area contributed by atoms with Crippen molar-refractivity contribution in [1.82, 2.24) is 4.98 Å². The van der Waals surface area contributed by atoms with Crippen molar-refractivity contribution in [3.63, 3.8) is 0 Å². The van der Waals surface area contributed by atoms with Gasteiger partial charge in [0, 0.05) is 11.6 Å². The Labute approximate surface area is 178 Å². The predicted molar refractivity (Wildman–Crippen MR) is 111 cm³/mol. The van der Waals surface area contributed by atoms with E-state index in [0.29, 0.717) is 35.4 Å². The van der Waals surface area contributed by atoms with Crippen molar-refractivity contribution in [2.45, 2.75) is 26.1 Å². The number of nitrogens with zero attached hydrogens (tertiary/aromatic N) is 2. The maximum absolute atomic E-state index is 14.5. The minimum Gasteiger partial charge on any atom is -0.481 e. The molecule has 1 aromatic heterocycles. The summed E-state index contributed by atoms with van der Waals surface area (Å²) in [5.74, 6) is -1.18. The number of carboxylic acid groups (broad SMARTS) is 1. The molecule has 3 aromatic rings. The number of halogens is 1. The molecule has 0 amide bonds. The van der Waals surface area contributed by atoms with Crippen LogP contribution in [0.5, 0.6) is 5.88 Å². The summed E-state index contributed by atoms with van der Waals surface area (Å²) in [5.41, 5.74) is 4.26. The lowest BCUT2D eigenvalue weighted by molar-refractivity contribution is -0.136. The van der Waals surface area contributed by atoms with E-state index in [-0.39, 0.29) is 31.2 Å². The Morgan fingerprint density at radius 3 is 2.77 bits per heavy atom. The number of fused-ring (bicyclic) bond motifs is 6. The summed E-state index contributed by atoms with van der Waals surface area (Å²) in [4.78, 5) is 19.0. The summed E-state index contributed by atoms with van der Waals surface area (Å²) in [5, 5.41) is 9.21. The second-order valence-corrected chi connectivity index (χ2v) is 7.19. The van der Waals surface area contributed by atoms with E-state index >= 15 is 0 Å². The summed E-state index contributed by atoms with van der Waals surface area (Å²) in [6.45, 7) is 8.04. The van der Waals surface area contributed by atoms with E-state index in [1.165, 1.54) is 12.1 Å². The molecule has 0 atom stereocenters. The van der Waals surface area contributed by atoms with Crippen LogP contribution in [0.2, 0.25) is 0 Å². The van der Waals surface area contributed by atoms with E-state index in [2.05, 4.69) is 9.83 Å². The molecule has 156 valence electrons. The van der Waals surface area contributed by atoms with Crippen LogP contribution in [0.3, 0.4) is 0 Å². The van der Waals surface area contributed by atoms with Crippen LogP contribution in [0.1, 0.15) is 22.3 Å². The summed E-state index contributed by atoms with van der Waals surface area (Å²) in [6.07, 6.45) is 0.410. The van der Waals surface area contributed by atoms with Crippen molar-refractivity contribution in [2.75, 3.05) is 6.61 Å². The van der Waals surface area contributed by atoms with Gasteiger partial charge >= 0.3 is 5.97 Å². The average molecular weight is 418 g/mol. The first-order valence-electron chi connectivity index (χ1n) is 9.74. The fourth-order valence-corrected chi connectivity index (χ4v) is 3.52. The zero-order valence-corrected chi connectivity index (χ0v) is 16.6. The molecule has 0 unspecified atom stereocenters. The molecule has 2 heterocycles. The number of pyridine rings is 1. The van der Waals surface area contributed by atoms with E-state index in [4.69, 9.17) is 16.0 Å². The van der Waals surface area contributed by atoms with Gasteiger partial charge in [-0.15, -0.1) is 0 Å². The van der Waals surface area contributed by atoms with Gasteiger partial charge in [-0.25, -0.2) is 14.2 Å². The van der Waals surface area contributed by atoms with Gasteiger partial charge < -0.3 is 14.6 Å². The Bertz CT molecular complexity index is 1190. The second kappa shape index (κ2) is 8.94. The van der Waals surface area contributed by atoms with Gasteiger partial charge in [-0.3, -0.25) is 4.79 Å². The number of aliphatic carboxylic acids is 1. The molecule has 1 N–H and O–H groups in total. The van der Waals surface area contributed by atoms with Gasteiger partial charge in [-0.1, -0.05) is 30.3 Å². The molecular formula is C24H19FN2O4. The fourth-order valence-electron chi connectivity index (χ4n) is 3.52. The highest BCUT2D eigenvalue weighted by Crippen LogP contribution is 2.28. The average Bonchev–Trinajstić information content (AvgIpc) is 2.76. The number of carbonyl (C=O) groups is 1. The highest BCUT2D eigenvalue weighted by atomic mass is 19.1. The van der Waals surface area contributed by atoms with E-state index in [1.54, 1.807) is 30.3 Å². The molecule has 7 heteroatoms. The van der Waals surface area contributed by atoms with Crippen molar-refractivity contribution in [1.29, 1.82) is 0 Å². The van der Waals surface area contributed by atoms with Gasteiger partial charge in [0.2, 0.25) is 5.88 Å². The van der Waals surface area contributed by atoms with Crippen molar-refractivity contribution < 1.29 is 23.8 Å². The number of carboxylic acids is 1. The lowest BCUT2D eigenvalue weighted by Gasteiger charge is -2.16. The van der Waals surface area contributed by atoms with Gasteiger partial charge in [-0.05, 0) is 40.8 Å². The van der Waals surface area contributed by atoms with Crippen LogP contribution in [0.15, 0.2) is 48.5 Å². The van der Waals surface area contributed by atoms with E-state index in [0.717, 1.165) is 11.1 Å². The van der Waals surface area contributed by atoms with E-state index < -0.39 is 11.8 Å². The summed E-state index contributed by atoms with van der Waals surface area (Å²) >= 11 is 0. The number of hydrogen-bond acceptors (Lipinski definition) is 4. The first kappa shape index (κ1) is 20.5. The molecule has 31 heavy (non-hydrogen) atoms. The van der Waals surface area contributed by atoms with Gasteiger partial charge in [0.05, 0.1) is 26.2 Å². The largest absolute Gasteiger partial charge is 0.481 e. The maximum Gasteiger partial charge on any atom is 0.307 e. The summed E-state index contributed by atoms with van der Waals surface area (Å²) in [6, 6.07) is 13.2. The fraction of sp³-hybridized carbons (Fsp3) is 0.208. The Balaban J connectivity index is 1.76. The van der Waals surface area contributed by atoms with Crippen molar-refractivity contribution in [2.24, 2.45) is 0 Å². The molecule has 0 fully saturated rings. The zero-order valence-electron chi connectivity index (χ0n) is 16.6. The van der Waals surface area contributed by atoms with Crippen LogP contribution in [0.25, 0.3) is 16.1 Å². The quantitative estimate of drug-likeness (QED) is 0.610. The van der Waals surface area contributed by atoms with Crippen LogP contribution in [-0.4, -0.2) is 22.7 Å². The first-order valence-corrected chi connectivity index (χ1v) is 9.74. The number of ether oxygens (including phenoxy) is 2. The second-order valence-electron chi connectivity index (χ2n) is 7.19. The first-order chi connectivity index (χ1) is 15.0. The molecule has 0 radical (unpaired) electrons. The van der Waals surface area contributed by atoms with Gasteiger partial charge in [0.1, 0.15) is 18.1 Å². The SMILES string of the molecule is [C-]#[N+]c1ccc2c(c1)CCOCc1cc(ccc1CC(=O)O)-c1nc(ccc1F)OC2. The Hall–Kier alpha value is -3.76. The molecule has 0 saturated carbocycles. The van der Waals surface area contributed by atoms with Gasteiger partial charge in [-0.2, -0.15) is 0 Å². The van der Waals surface area contributed by atoms with E-state index in [9.17, 15) is 14.3 Å². The minimum absolute atomic E-state index is 0.126. The van der Waals surface area contributed by atoms with Crippen LogP contribution in [-0.2, 0) is 35.6 Å². The number of rotatable bonds is 2. The van der Waals surface area contributed by atoms with Crippen molar-refractivity contribution in [3.8, 4) is 17.1 Å². The molecule has 1 aliphatic heterocycles. The Kier molecular flexibility index (Phi) is 5.92. The van der Waals surface area contributed by atoms with Crippen LogP contribution >= 0.6 is 0 Å². The normalized spacial score (nSPS) is 13.3. The highest BCUT2D eigenvalue weighted by molar-refractivity contribution is 5.72. The third-order valence-corrected chi connectivity index (χ3v) is 5.11. The van der Waals surface area contributed by atoms with Crippen LogP contribution < -0.4 is 4.74 Å². The molecule has 0 aliphatic carbocycles. The van der Waals surface area contributed by atoms with Crippen molar-refractivity contribution >= 4 is 11.7 Å². The predicted octanol–water partition coefficient (Wildman–Crippen LogP) is 4.72. The molecule has 6 nitrogen and oxygen atoms in total. The van der Waals surface area contributed by atoms with Gasteiger partial charge in [0.15, 0.2) is 5.69 Å². The van der Waals surface area contributed by atoms with Crippen LogP contribution in [0.4, 0.5) is 10.1 Å². The van der Waals surface area contributed by atoms with E-state index in [1.807, 2.05) is 6.07 Å². The number of hydrogen-bond donors (Lipinski definition) is 1. The molecule has 4 bridgehead atoms. The lowest BCUT2D eigenvalue weighted by Crippen LogP contribution is -2.09.